The Morgan fingerprint density at radius 1 is 1.22 bits per heavy atom. The molecule has 2 heterocycles. The zero-order valence-corrected chi connectivity index (χ0v) is 13.1. The van der Waals surface area contributed by atoms with Gasteiger partial charge >= 0.3 is 12.0 Å². The number of fused-ring (bicyclic) bond motifs is 1. The first-order valence-corrected chi connectivity index (χ1v) is 7.34. The highest BCUT2D eigenvalue weighted by Crippen LogP contribution is 2.25. The van der Waals surface area contributed by atoms with Crippen molar-refractivity contribution >= 4 is 12.0 Å². The largest absolute Gasteiger partial charge is 0.476 e. The molecule has 2 amide bonds. The van der Waals surface area contributed by atoms with Crippen LogP contribution in [0.5, 0.6) is 0 Å². The molecular weight excluding hydrogens is 296 g/mol. The van der Waals surface area contributed by atoms with Crippen LogP contribution in [0.4, 0.5) is 4.79 Å². The number of hydrogen-bond acceptors (Lipinski definition) is 3. The molecule has 0 atom stereocenters. The van der Waals surface area contributed by atoms with Gasteiger partial charge < -0.3 is 14.9 Å². The lowest BCUT2D eigenvalue weighted by molar-refractivity contribution is 0.0687. The summed E-state index contributed by atoms with van der Waals surface area (Å²) in [5.74, 6) is -1.07. The van der Waals surface area contributed by atoms with Crippen LogP contribution in [0.25, 0.3) is 5.69 Å². The number of rotatable bonds is 2. The number of hydrogen-bond donors (Lipinski definition) is 1. The Hall–Kier alpha value is -2.83. The molecule has 3 rings (SSSR count). The van der Waals surface area contributed by atoms with Crippen molar-refractivity contribution in [3.63, 3.8) is 0 Å². The Kier molecular flexibility index (Phi) is 3.77. The molecule has 1 aromatic carbocycles. The van der Waals surface area contributed by atoms with Crippen LogP contribution in [-0.2, 0) is 13.0 Å². The molecule has 0 aliphatic carbocycles. The maximum atomic E-state index is 12.1. The molecule has 23 heavy (non-hydrogen) atoms. The lowest BCUT2D eigenvalue weighted by atomic mass is 10.1. The molecule has 1 aromatic heterocycles. The second-order valence-electron chi connectivity index (χ2n) is 5.67. The molecule has 120 valence electrons. The third kappa shape index (κ3) is 2.65. The topological polar surface area (TPSA) is 78.7 Å². The lowest BCUT2D eigenvalue weighted by Crippen LogP contribution is -2.42. The second kappa shape index (κ2) is 5.75. The average Bonchev–Trinajstić information content (AvgIpc) is 2.93. The fraction of sp³-hybridized carbons (Fsp3) is 0.312. The minimum absolute atomic E-state index is 0.0140. The predicted octanol–water partition coefficient (Wildman–Crippen LogP) is 1.61. The first kappa shape index (κ1) is 15.1. The molecule has 0 unspecified atom stereocenters. The molecule has 1 aliphatic rings. The smallest absolute Gasteiger partial charge is 0.356 e. The van der Waals surface area contributed by atoms with Gasteiger partial charge in [0.25, 0.3) is 0 Å². The summed E-state index contributed by atoms with van der Waals surface area (Å²) in [6.45, 7) is 0.808. The van der Waals surface area contributed by atoms with Gasteiger partial charge in [-0.15, -0.1) is 0 Å². The van der Waals surface area contributed by atoms with E-state index >= 15 is 0 Å². The predicted molar refractivity (Wildman–Crippen MR) is 83.7 cm³/mol. The summed E-state index contributed by atoms with van der Waals surface area (Å²) in [5.41, 5.74) is 2.31. The van der Waals surface area contributed by atoms with Gasteiger partial charge in [-0.25, -0.2) is 14.3 Å². The van der Waals surface area contributed by atoms with Gasteiger partial charge in [-0.1, -0.05) is 18.2 Å². The molecule has 7 nitrogen and oxygen atoms in total. The van der Waals surface area contributed by atoms with Crippen LogP contribution >= 0.6 is 0 Å². The Morgan fingerprint density at radius 3 is 2.52 bits per heavy atom. The molecule has 0 radical (unpaired) electrons. The Morgan fingerprint density at radius 2 is 1.91 bits per heavy atom. The van der Waals surface area contributed by atoms with E-state index < -0.39 is 5.97 Å². The minimum Gasteiger partial charge on any atom is -0.476 e. The van der Waals surface area contributed by atoms with Crippen LogP contribution in [0.3, 0.4) is 0 Å². The van der Waals surface area contributed by atoms with E-state index in [0.29, 0.717) is 18.5 Å². The fourth-order valence-corrected chi connectivity index (χ4v) is 2.82. The van der Waals surface area contributed by atoms with E-state index in [1.54, 1.807) is 23.7 Å². The molecule has 1 aliphatic heterocycles. The van der Waals surface area contributed by atoms with Crippen molar-refractivity contribution in [3.05, 3.63) is 47.3 Å². The fourth-order valence-electron chi connectivity index (χ4n) is 2.82. The van der Waals surface area contributed by atoms with Gasteiger partial charge in [-0.3, -0.25) is 0 Å². The summed E-state index contributed by atoms with van der Waals surface area (Å²) in [6.07, 6.45) is 0.573. The van der Waals surface area contributed by atoms with E-state index in [1.807, 2.05) is 30.3 Å². The average molecular weight is 314 g/mol. The number of benzene rings is 1. The minimum atomic E-state index is -1.07. The molecule has 1 N–H and O–H groups in total. The van der Waals surface area contributed by atoms with Gasteiger partial charge in [0.05, 0.1) is 17.9 Å². The summed E-state index contributed by atoms with van der Waals surface area (Å²) in [5, 5.41) is 13.7. The maximum absolute atomic E-state index is 12.1. The van der Waals surface area contributed by atoms with Gasteiger partial charge in [0.2, 0.25) is 0 Å². The van der Waals surface area contributed by atoms with Gasteiger partial charge in [0.15, 0.2) is 5.69 Å². The monoisotopic (exact) mass is 314 g/mol. The van der Waals surface area contributed by atoms with E-state index in [0.717, 1.165) is 11.4 Å². The van der Waals surface area contributed by atoms with Crippen LogP contribution in [0.2, 0.25) is 0 Å². The first-order valence-electron chi connectivity index (χ1n) is 7.34. The van der Waals surface area contributed by atoms with Crippen molar-refractivity contribution in [2.24, 2.45) is 0 Å². The van der Waals surface area contributed by atoms with Crippen molar-refractivity contribution in [1.29, 1.82) is 0 Å². The molecule has 0 spiro atoms. The number of urea groups is 1. The molecule has 7 heteroatoms. The van der Waals surface area contributed by atoms with E-state index in [1.165, 1.54) is 4.90 Å². The molecule has 0 fully saturated rings. The van der Waals surface area contributed by atoms with E-state index in [-0.39, 0.29) is 18.3 Å². The highest BCUT2D eigenvalue weighted by molar-refractivity contribution is 5.88. The van der Waals surface area contributed by atoms with Crippen molar-refractivity contribution < 1.29 is 14.7 Å². The highest BCUT2D eigenvalue weighted by Gasteiger charge is 2.30. The third-order valence-electron chi connectivity index (χ3n) is 3.91. The third-order valence-corrected chi connectivity index (χ3v) is 3.91. The number of aromatic nitrogens is 2. The number of aromatic carboxylic acids is 1. The van der Waals surface area contributed by atoms with Gasteiger partial charge in [0.1, 0.15) is 0 Å². The number of carbonyl (C=O) groups is 2. The number of carboxylic acids is 1. The molecule has 0 saturated heterocycles. The van der Waals surface area contributed by atoms with Crippen LogP contribution in [0, 0.1) is 0 Å². The Labute approximate surface area is 133 Å². The summed E-state index contributed by atoms with van der Waals surface area (Å²) in [7, 11) is 3.37. The Balaban J connectivity index is 2.04. The van der Waals surface area contributed by atoms with Crippen molar-refractivity contribution in [2.45, 2.75) is 13.0 Å². The maximum Gasteiger partial charge on any atom is 0.356 e. The number of para-hydroxylation sites is 1. The summed E-state index contributed by atoms with van der Waals surface area (Å²) >= 11 is 0. The summed E-state index contributed by atoms with van der Waals surface area (Å²) in [6, 6.07) is 9.31. The van der Waals surface area contributed by atoms with Gasteiger partial charge in [0, 0.05) is 32.6 Å². The normalized spacial score (nSPS) is 13.6. The zero-order chi connectivity index (χ0) is 16.6. The summed E-state index contributed by atoms with van der Waals surface area (Å²) < 4.78 is 1.68. The number of nitrogens with zero attached hydrogens (tertiary/aromatic N) is 4. The van der Waals surface area contributed by atoms with E-state index in [9.17, 15) is 14.7 Å². The van der Waals surface area contributed by atoms with Crippen LogP contribution < -0.4 is 0 Å². The number of amides is 2. The van der Waals surface area contributed by atoms with Crippen molar-refractivity contribution in [2.75, 3.05) is 20.6 Å². The zero-order valence-electron chi connectivity index (χ0n) is 13.1. The van der Waals surface area contributed by atoms with Crippen LogP contribution in [0.15, 0.2) is 30.3 Å². The van der Waals surface area contributed by atoms with Gasteiger partial charge in [-0.05, 0) is 12.1 Å². The highest BCUT2D eigenvalue weighted by atomic mass is 16.4. The summed E-state index contributed by atoms with van der Waals surface area (Å²) in [4.78, 5) is 26.8. The molecule has 0 bridgehead atoms. The number of carbonyl (C=O) groups excluding carboxylic acids is 1. The van der Waals surface area contributed by atoms with Crippen molar-refractivity contribution in [3.8, 4) is 5.69 Å². The van der Waals surface area contributed by atoms with Crippen molar-refractivity contribution in [1.82, 2.24) is 19.6 Å². The quantitative estimate of drug-likeness (QED) is 0.913. The van der Waals surface area contributed by atoms with Gasteiger partial charge in [-0.2, -0.15) is 5.10 Å². The number of carboxylic acid groups (broad SMARTS) is 1. The van der Waals surface area contributed by atoms with Crippen LogP contribution in [-0.4, -0.2) is 57.3 Å². The van der Waals surface area contributed by atoms with E-state index in [2.05, 4.69) is 5.10 Å². The second-order valence-corrected chi connectivity index (χ2v) is 5.67. The standard InChI is InChI=1S/C16H18N4O3/c1-18(2)16(23)19-9-8-13-12(10-19)14(15(21)22)17-20(13)11-6-4-3-5-7-11/h3-7H,8-10H2,1-2H3,(H,21,22). The lowest BCUT2D eigenvalue weighted by Gasteiger charge is -2.30. The first-order chi connectivity index (χ1) is 11.0. The SMILES string of the molecule is CN(C)C(=O)N1CCc2c(c(C(=O)O)nn2-c2ccccc2)C1. The van der Waals surface area contributed by atoms with Crippen LogP contribution in [0.1, 0.15) is 21.7 Å². The molecular formula is C16H18N4O3. The van der Waals surface area contributed by atoms with E-state index in [4.69, 9.17) is 0 Å². The molecule has 2 aromatic rings. The Bertz CT molecular complexity index is 752. The molecule has 0 saturated carbocycles.